The summed E-state index contributed by atoms with van der Waals surface area (Å²) in [6.07, 6.45) is 0.415. The molecular weight excluding hydrogens is 294 g/mol. The number of rotatable bonds is 6. The van der Waals surface area contributed by atoms with Crippen LogP contribution in [-0.2, 0) is 11.3 Å². The summed E-state index contributed by atoms with van der Waals surface area (Å²) < 4.78 is 5.94. The van der Waals surface area contributed by atoms with Gasteiger partial charge in [-0.25, -0.2) is 4.98 Å². The van der Waals surface area contributed by atoms with Gasteiger partial charge < -0.3 is 20.9 Å². The lowest BCUT2D eigenvalue weighted by Crippen LogP contribution is -2.38. The maximum Gasteiger partial charge on any atom is 0.250 e. The molecule has 122 valence electrons. The number of hydrogen-bond donors (Lipinski definition) is 3. The molecule has 1 unspecified atom stereocenters. The summed E-state index contributed by atoms with van der Waals surface area (Å²) in [7, 11) is 0. The minimum absolute atomic E-state index is 0.120. The first-order valence-electron chi connectivity index (χ1n) is 7.36. The molecule has 6 nitrogen and oxygen atoms in total. The van der Waals surface area contributed by atoms with E-state index in [2.05, 4.69) is 10.3 Å². The van der Waals surface area contributed by atoms with Crippen molar-refractivity contribution >= 4 is 5.91 Å². The number of para-hydroxylation sites is 1. The van der Waals surface area contributed by atoms with Gasteiger partial charge in [0.1, 0.15) is 11.9 Å². The highest BCUT2D eigenvalue weighted by Gasteiger charge is 2.14. The number of carbonyl (C=O) groups is 1. The molecule has 23 heavy (non-hydrogen) atoms. The van der Waals surface area contributed by atoms with Crippen LogP contribution in [0, 0.1) is 13.8 Å². The van der Waals surface area contributed by atoms with Crippen LogP contribution in [0.4, 0.5) is 0 Å². The Morgan fingerprint density at radius 3 is 2.65 bits per heavy atom. The molecule has 2 rings (SSSR count). The number of pyridine rings is 1. The van der Waals surface area contributed by atoms with E-state index in [1.807, 2.05) is 38.1 Å². The number of aliphatic hydroxyl groups is 1. The monoisotopic (exact) mass is 315 g/mol. The van der Waals surface area contributed by atoms with Crippen LogP contribution in [0.1, 0.15) is 16.7 Å². The number of aromatic nitrogens is 1. The van der Waals surface area contributed by atoms with Crippen molar-refractivity contribution in [1.29, 1.82) is 0 Å². The Morgan fingerprint density at radius 2 is 2.00 bits per heavy atom. The van der Waals surface area contributed by atoms with Crippen LogP contribution in [0.2, 0.25) is 0 Å². The summed E-state index contributed by atoms with van der Waals surface area (Å²) >= 11 is 0. The van der Waals surface area contributed by atoms with E-state index in [0.717, 1.165) is 16.9 Å². The minimum atomic E-state index is -1.21. The molecule has 0 saturated heterocycles. The Balaban J connectivity index is 2.16. The molecule has 1 heterocycles. The third-order valence-electron chi connectivity index (χ3n) is 3.44. The number of aliphatic hydroxyl groups excluding tert-OH is 1. The van der Waals surface area contributed by atoms with Gasteiger partial charge in [0, 0.05) is 24.8 Å². The third kappa shape index (κ3) is 4.28. The number of nitrogens with zero attached hydrogens (tertiary/aromatic N) is 1. The van der Waals surface area contributed by atoms with E-state index in [0.29, 0.717) is 11.4 Å². The van der Waals surface area contributed by atoms with Crippen molar-refractivity contribution in [3.63, 3.8) is 0 Å². The molecule has 1 aromatic carbocycles. The van der Waals surface area contributed by atoms with Gasteiger partial charge in [0.2, 0.25) is 11.8 Å². The minimum Gasteiger partial charge on any atom is -0.438 e. The Labute approximate surface area is 135 Å². The first-order valence-corrected chi connectivity index (χ1v) is 7.36. The molecular formula is C17H21N3O3. The topological polar surface area (TPSA) is 97.5 Å². The third-order valence-corrected chi connectivity index (χ3v) is 3.44. The molecule has 0 radical (unpaired) electrons. The van der Waals surface area contributed by atoms with E-state index in [4.69, 9.17) is 10.5 Å². The highest BCUT2D eigenvalue weighted by atomic mass is 16.5. The van der Waals surface area contributed by atoms with Crippen molar-refractivity contribution in [2.45, 2.75) is 26.5 Å². The number of hydrogen-bond acceptors (Lipinski definition) is 5. The van der Waals surface area contributed by atoms with Crippen molar-refractivity contribution in [2.75, 3.05) is 6.54 Å². The molecule has 0 spiro atoms. The molecule has 1 amide bonds. The summed E-state index contributed by atoms with van der Waals surface area (Å²) in [5, 5.41) is 12.0. The van der Waals surface area contributed by atoms with Gasteiger partial charge in [-0.2, -0.15) is 0 Å². The van der Waals surface area contributed by atoms with E-state index < -0.39 is 12.0 Å². The first-order chi connectivity index (χ1) is 11.0. The van der Waals surface area contributed by atoms with Crippen LogP contribution >= 0.6 is 0 Å². The van der Waals surface area contributed by atoms with Gasteiger partial charge in [-0.05, 0) is 31.0 Å². The summed E-state index contributed by atoms with van der Waals surface area (Å²) in [6, 6.07) is 9.46. The molecule has 0 fully saturated rings. The van der Waals surface area contributed by atoms with Gasteiger partial charge in [-0.1, -0.05) is 24.3 Å². The Bertz CT molecular complexity index is 668. The smallest absolute Gasteiger partial charge is 0.250 e. The maximum atomic E-state index is 11.6. The molecule has 6 heteroatoms. The number of ether oxygens (including phenoxy) is 1. The fourth-order valence-corrected chi connectivity index (χ4v) is 2.11. The SMILES string of the molecule is Cc1cccc(C)c1Oc1ncccc1CNC(=O)C(O)CN. The average molecular weight is 315 g/mol. The highest BCUT2D eigenvalue weighted by molar-refractivity contribution is 5.80. The molecule has 4 N–H and O–H groups in total. The Hall–Kier alpha value is -2.44. The van der Waals surface area contributed by atoms with Gasteiger partial charge in [0.15, 0.2) is 0 Å². The first kappa shape index (κ1) is 16.9. The number of benzene rings is 1. The predicted octanol–water partition coefficient (Wildman–Crippen LogP) is 1.43. The van der Waals surface area contributed by atoms with Gasteiger partial charge in [0.25, 0.3) is 0 Å². The fourth-order valence-electron chi connectivity index (χ4n) is 2.11. The molecule has 1 atom stereocenters. The predicted molar refractivity (Wildman–Crippen MR) is 87.1 cm³/mol. The summed E-state index contributed by atoms with van der Waals surface area (Å²) in [5.74, 6) is 0.655. The molecule has 0 saturated carbocycles. The summed E-state index contributed by atoms with van der Waals surface area (Å²) in [4.78, 5) is 15.9. The Kier molecular flexibility index (Phi) is 5.67. The fraction of sp³-hybridized carbons (Fsp3) is 0.294. The van der Waals surface area contributed by atoms with Crippen LogP contribution < -0.4 is 15.8 Å². The molecule has 2 aromatic rings. The zero-order valence-corrected chi connectivity index (χ0v) is 13.2. The van der Waals surface area contributed by atoms with Gasteiger partial charge in [-0.15, -0.1) is 0 Å². The van der Waals surface area contributed by atoms with Crippen LogP contribution in [0.25, 0.3) is 0 Å². The van der Waals surface area contributed by atoms with Crippen LogP contribution in [0.3, 0.4) is 0 Å². The maximum absolute atomic E-state index is 11.6. The van der Waals surface area contributed by atoms with Crippen molar-refractivity contribution in [3.05, 3.63) is 53.2 Å². The molecule has 0 aliphatic heterocycles. The lowest BCUT2D eigenvalue weighted by atomic mass is 10.1. The number of nitrogens with one attached hydrogen (secondary N) is 1. The normalized spacial score (nSPS) is 11.8. The second-order valence-electron chi connectivity index (χ2n) is 5.26. The van der Waals surface area contributed by atoms with Crippen LogP contribution in [0.5, 0.6) is 11.6 Å². The van der Waals surface area contributed by atoms with E-state index >= 15 is 0 Å². The largest absolute Gasteiger partial charge is 0.438 e. The molecule has 0 bridgehead atoms. The van der Waals surface area contributed by atoms with E-state index in [1.165, 1.54) is 0 Å². The Morgan fingerprint density at radius 1 is 1.30 bits per heavy atom. The lowest BCUT2D eigenvalue weighted by Gasteiger charge is -2.14. The van der Waals surface area contributed by atoms with Crippen LogP contribution in [-0.4, -0.2) is 28.6 Å². The van der Waals surface area contributed by atoms with E-state index in [-0.39, 0.29) is 13.1 Å². The number of nitrogens with two attached hydrogens (primary N) is 1. The quantitative estimate of drug-likeness (QED) is 0.749. The van der Waals surface area contributed by atoms with E-state index in [1.54, 1.807) is 12.3 Å². The van der Waals surface area contributed by atoms with E-state index in [9.17, 15) is 9.90 Å². The van der Waals surface area contributed by atoms with Crippen molar-refractivity contribution in [1.82, 2.24) is 10.3 Å². The molecule has 0 aliphatic carbocycles. The number of carbonyl (C=O) groups excluding carboxylic acids is 1. The van der Waals surface area contributed by atoms with Gasteiger partial charge >= 0.3 is 0 Å². The van der Waals surface area contributed by atoms with Crippen LogP contribution in [0.15, 0.2) is 36.5 Å². The standard InChI is InChI=1S/C17H21N3O3/c1-11-5-3-6-12(2)15(11)23-17-13(7-4-8-19-17)10-20-16(22)14(21)9-18/h3-8,14,21H,9-10,18H2,1-2H3,(H,20,22). The number of aryl methyl sites for hydroxylation is 2. The molecule has 0 aliphatic rings. The van der Waals surface area contributed by atoms with Gasteiger partial charge in [-0.3, -0.25) is 4.79 Å². The molecule has 1 aromatic heterocycles. The second kappa shape index (κ2) is 7.71. The summed E-state index contributed by atoms with van der Waals surface area (Å²) in [6.45, 7) is 4.00. The van der Waals surface area contributed by atoms with Gasteiger partial charge in [0.05, 0.1) is 0 Å². The zero-order chi connectivity index (χ0) is 16.8. The second-order valence-corrected chi connectivity index (χ2v) is 5.26. The number of amides is 1. The average Bonchev–Trinajstić information content (AvgIpc) is 2.56. The lowest BCUT2D eigenvalue weighted by molar-refractivity contribution is -0.128. The highest BCUT2D eigenvalue weighted by Crippen LogP contribution is 2.29. The van der Waals surface area contributed by atoms with Crippen molar-refractivity contribution in [2.24, 2.45) is 5.73 Å². The summed E-state index contributed by atoms with van der Waals surface area (Å²) in [5.41, 5.74) is 7.98. The van der Waals surface area contributed by atoms with Crippen molar-refractivity contribution < 1.29 is 14.6 Å². The van der Waals surface area contributed by atoms with Crippen molar-refractivity contribution in [3.8, 4) is 11.6 Å². The zero-order valence-electron chi connectivity index (χ0n) is 13.2.